The highest BCUT2D eigenvalue weighted by atomic mass is 16.5. The van der Waals surface area contributed by atoms with Gasteiger partial charge >= 0.3 is 0 Å². The highest BCUT2D eigenvalue weighted by Gasteiger charge is 2.16. The predicted molar refractivity (Wildman–Crippen MR) is 120 cm³/mol. The number of rotatable bonds is 9. The molecule has 3 rings (SSSR count). The summed E-state index contributed by atoms with van der Waals surface area (Å²) in [6.45, 7) is 0.435. The Bertz CT molecular complexity index is 957. The largest absolute Gasteiger partial charge is 0.497 e. The number of benzene rings is 3. The first kappa shape index (κ1) is 21.4. The van der Waals surface area contributed by atoms with Crippen LogP contribution in [0.15, 0.2) is 78.9 Å². The number of nitrogens with one attached hydrogen (secondary N) is 1. The Kier molecular flexibility index (Phi) is 7.46. The number of carbonyl (C=O) groups is 1. The molecule has 5 nitrogen and oxygen atoms in total. The van der Waals surface area contributed by atoms with Crippen molar-refractivity contribution < 1.29 is 14.3 Å². The molecule has 0 bridgehead atoms. The van der Waals surface area contributed by atoms with E-state index in [9.17, 15) is 4.79 Å². The number of methoxy groups -OCH3 is 1. The quantitative estimate of drug-likeness (QED) is 0.582. The Labute approximate surface area is 178 Å². The van der Waals surface area contributed by atoms with Gasteiger partial charge in [-0.05, 0) is 43.4 Å². The van der Waals surface area contributed by atoms with Gasteiger partial charge in [-0.25, -0.2) is 0 Å². The SMILES string of the molecule is COc1cccc([C@H](CNC(=O)COc2ccccc2-c2ccccc2)N(C)C)c1. The summed E-state index contributed by atoms with van der Waals surface area (Å²) in [5.41, 5.74) is 3.10. The lowest BCUT2D eigenvalue weighted by atomic mass is 10.1. The molecule has 0 aliphatic carbocycles. The van der Waals surface area contributed by atoms with Gasteiger partial charge in [0.2, 0.25) is 0 Å². The van der Waals surface area contributed by atoms with E-state index in [1.54, 1.807) is 7.11 Å². The van der Waals surface area contributed by atoms with E-state index in [2.05, 4.69) is 10.2 Å². The van der Waals surface area contributed by atoms with Crippen LogP contribution in [0.4, 0.5) is 0 Å². The van der Waals surface area contributed by atoms with Gasteiger partial charge in [0.05, 0.1) is 13.2 Å². The van der Waals surface area contributed by atoms with Crippen molar-refractivity contribution in [3.8, 4) is 22.6 Å². The van der Waals surface area contributed by atoms with Crippen LogP contribution in [0.2, 0.25) is 0 Å². The third kappa shape index (κ3) is 5.61. The molecule has 0 aliphatic rings. The Morgan fingerprint density at radius 1 is 0.967 bits per heavy atom. The van der Waals surface area contributed by atoms with Crippen LogP contribution in [0.5, 0.6) is 11.5 Å². The van der Waals surface area contributed by atoms with Crippen LogP contribution in [-0.4, -0.2) is 45.2 Å². The Morgan fingerprint density at radius 3 is 2.43 bits per heavy atom. The number of likely N-dealkylation sites (N-methyl/N-ethyl adjacent to an activating group) is 1. The molecule has 0 saturated heterocycles. The lowest BCUT2D eigenvalue weighted by Crippen LogP contribution is -2.36. The topological polar surface area (TPSA) is 50.8 Å². The van der Waals surface area contributed by atoms with Crippen LogP contribution in [0, 0.1) is 0 Å². The van der Waals surface area contributed by atoms with Crippen molar-refractivity contribution in [2.45, 2.75) is 6.04 Å². The first-order valence-corrected chi connectivity index (χ1v) is 9.93. The van der Waals surface area contributed by atoms with Crippen molar-refractivity contribution in [1.82, 2.24) is 10.2 Å². The summed E-state index contributed by atoms with van der Waals surface area (Å²) in [5.74, 6) is 1.33. The molecule has 0 fully saturated rings. The van der Waals surface area contributed by atoms with Crippen LogP contribution < -0.4 is 14.8 Å². The summed E-state index contributed by atoms with van der Waals surface area (Å²) in [6.07, 6.45) is 0. The van der Waals surface area contributed by atoms with E-state index in [1.807, 2.05) is 93.0 Å². The molecular formula is C25H28N2O3. The zero-order chi connectivity index (χ0) is 21.3. The fraction of sp³-hybridized carbons (Fsp3) is 0.240. The third-order valence-electron chi connectivity index (χ3n) is 4.93. The number of carbonyl (C=O) groups excluding carboxylic acids is 1. The first-order valence-electron chi connectivity index (χ1n) is 9.93. The molecule has 5 heteroatoms. The number of para-hydroxylation sites is 1. The molecule has 0 saturated carbocycles. The maximum atomic E-state index is 12.5. The van der Waals surface area contributed by atoms with Crippen molar-refractivity contribution >= 4 is 5.91 Å². The number of amides is 1. The molecule has 156 valence electrons. The van der Waals surface area contributed by atoms with Crippen molar-refractivity contribution in [2.24, 2.45) is 0 Å². The van der Waals surface area contributed by atoms with E-state index in [1.165, 1.54) is 0 Å². The second-order valence-electron chi connectivity index (χ2n) is 7.21. The third-order valence-corrected chi connectivity index (χ3v) is 4.93. The minimum Gasteiger partial charge on any atom is -0.497 e. The first-order chi connectivity index (χ1) is 14.6. The summed E-state index contributed by atoms with van der Waals surface area (Å²) in [6, 6.07) is 25.7. The van der Waals surface area contributed by atoms with Crippen LogP contribution in [-0.2, 0) is 4.79 Å². The van der Waals surface area contributed by atoms with E-state index in [-0.39, 0.29) is 18.6 Å². The minimum absolute atomic E-state index is 0.0284. The fourth-order valence-corrected chi connectivity index (χ4v) is 3.30. The second kappa shape index (κ2) is 10.5. The van der Waals surface area contributed by atoms with Gasteiger partial charge in [0.1, 0.15) is 11.5 Å². The molecule has 1 atom stereocenters. The molecule has 0 aliphatic heterocycles. The maximum Gasteiger partial charge on any atom is 0.258 e. The zero-order valence-corrected chi connectivity index (χ0v) is 17.7. The number of hydrogen-bond acceptors (Lipinski definition) is 4. The van der Waals surface area contributed by atoms with Crippen molar-refractivity contribution in [3.63, 3.8) is 0 Å². The predicted octanol–water partition coefficient (Wildman–Crippen LogP) is 4.16. The molecule has 0 aromatic heterocycles. The molecule has 0 spiro atoms. The molecule has 1 N–H and O–H groups in total. The molecule has 3 aromatic rings. The Morgan fingerprint density at radius 2 is 1.70 bits per heavy atom. The molecule has 0 radical (unpaired) electrons. The van der Waals surface area contributed by atoms with E-state index < -0.39 is 0 Å². The monoisotopic (exact) mass is 404 g/mol. The van der Waals surface area contributed by atoms with Crippen LogP contribution in [0.1, 0.15) is 11.6 Å². The van der Waals surface area contributed by atoms with Gasteiger partial charge in [-0.2, -0.15) is 0 Å². The van der Waals surface area contributed by atoms with Gasteiger partial charge < -0.3 is 19.7 Å². The van der Waals surface area contributed by atoms with Crippen LogP contribution >= 0.6 is 0 Å². The van der Waals surface area contributed by atoms with Gasteiger partial charge in [0.15, 0.2) is 6.61 Å². The molecule has 0 unspecified atom stereocenters. The average Bonchev–Trinajstić information content (AvgIpc) is 2.78. The second-order valence-corrected chi connectivity index (χ2v) is 7.21. The number of nitrogens with zero attached hydrogens (tertiary/aromatic N) is 1. The van der Waals surface area contributed by atoms with Gasteiger partial charge in [-0.3, -0.25) is 4.79 Å². The number of ether oxygens (including phenoxy) is 2. The average molecular weight is 405 g/mol. The van der Waals surface area contributed by atoms with Crippen LogP contribution in [0.3, 0.4) is 0 Å². The van der Waals surface area contributed by atoms with Crippen LogP contribution in [0.25, 0.3) is 11.1 Å². The smallest absolute Gasteiger partial charge is 0.258 e. The van der Waals surface area contributed by atoms with Gasteiger partial charge in [0, 0.05) is 12.1 Å². The molecule has 1 amide bonds. The zero-order valence-electron chi connectivity index (χ0n) is 17.7. The van der Waals surface area contributed by atoms with Crippen molar-refractivity contribution in [3.05, 3.63) is 84.4 Å². The lowest BCUT2D eigenvalue weighted by Gasteiger charge is -2.25. The van der Waals surface area contributed by atoms with Gasteiger partial charge in [0.25, 0.3) is 5.91 Å². The summed E-state index contributed by atoms with van der Waals surface area (Å²) in [4.78, 5) is 14.5. The lowest BCUT2D eigenvalue weighted by molar-refractivity contribution is -0.123. The number of hydrogen-bond donors (Lipinski definition) is 1. The highest BCUT2D eigenvalue weighted by molar-refractivity contribution is 5.78. The summed E-state index contributed by atoms with van der Waals surface area (Å²) >= 11 is 0. The van der Waals surface area contributed by atoms with Crippen molar-refractivity contribution in [1.29, 1.82) is 0 Å². The van der Waals surface area contributed by atoms with Gasteiger partial charge in [-0.1, -0.05) is 60.7 Å². The van der Waals surface area contributed by atoms with E-state index in [0.29, 0.717) is 12.3 Å². The highest BCUT2D eigenvalue weighted by Crippen LogP contribution is 2.29. The Balaban J connectivity index is 1.61. The van der Waals surface area contributed by atoms with E-state index in [0.717, 1.165) is 22.4 Å². The van der Waals surface area contributed by atoms with E-state index in [4.69, 9.17) is 9.47 Å². The minimum atomic E-state index is -0.160. The van der Waals surface area contributed by atoms with Gasteiger partial charge in [-0.15, -0.1) is 0 Å². The summed E-state index contributed by atoms with van der Waals surface area (Å²) in [7, 11) is 5.63. The fourth-order valence-electron chi connectivity index (χ4n) is 3.30. The molecular weight excluding hydrogens is 376 g/mol. The normalized spacial score (nSPS) is 11.7. The molecule has 3 aromatic carbocycles. The molecule has 30 heavy (non-hydrogen) atoms. The standard InChI is InChI=1S/C25H28N2O3/c1-27(2)23(20-12-9-13-21(16-20)29-3)17-26-25(28)18-30-24-15-8-7-14-22(24)19-10-5-4-6-11-19/h4-16,23H,17-18H2,1-3H3,(H,26,28)/t23-/m0/s1. The summed E-state index contributed by atoms with van der Waals surface area (Å²) < 4.78 is 11.2. The Hall–Kier alpha value is -3.31. The maximum absolute atomic E-state index is 12.5. The van der Waals surface area contributed by atoms with Crippen molar-refractivity contribution in [2.75, 3.05) is 34.4 Å². The van der Waals surface area contributed by atoms with E-state index >= 15 is 0 Å². The molecule has 0 heterocycles. The summed E-state index contributed by atoms with van der Waals surface area (Å²) in [5, 5.41) is 2.98.